The van der Waals surface area contributed by atoms with Crippen LogP contribution in [-0.4, -0.2) is 36.5 Å². The molecular weight excluding hydrogens is 264 g/mol. The quantitative estimate of drug-likeness (QED) is 0.761. The van der Waals surface area contributed by atoms with Gasteiger partial charge in [-0.15, -0.1) is 0 Å². The van der Waals surface area contributed by atoms with Gasteiger partial charge in [-0.3, -0.25) is 4.79 Å². The summed E-state index contributed by atoms with van der Waals surface area (Å²) < 4.78 is 5.60. The van der Waals surface area contributed by atoms with E-state index in [9.17, 15) is 4.79 Å². The average Bonchev–Trinajstić information content (AvgIpc) is 2.52. The molecule has 1 aromatic rings. The topological polar surface area (TPSA) is 55.6 Å². The maximum Gasteiger partial charge on any atom is 0.254 e. The molecule has 0 heterocycles. The molecule has 0 aliphatic carbocycles. The average molecular weight is 292 g/mol. The number of carbonyl (C=O) groups is 1. The van der Waals surface area contributed by atoms with Crippen LogP contribution in [0.4, 0.5) is 0 Å². The van der Waals surface area contributed by atoms with E-state index in [1.54, 1.807) is 0 Å². The van der Waals surface area contributed by atoms with Gasteiger partial charge >= 0.3 is 0 Å². The number of benzene rings is 1. The van der Waals surface area contributed by atoms with Crippen molar-refractivity contribution in [3.8, 4) is 5.75 Å². The van der Waals surface area contributed by atoms with E-state index in [0.29, 0.717) is 25.3 Å². The molecule has 0 fully saturated rings. The second-order valence-corrected chi connectivity index (χ2v) is 5.13. The number of carbonyl (C=O) groups excluding carboxylic acids is 1. The van der Waals surface area contributed by atoms with Crippen molar-refractivity contribution < 1.29 is 9.53 Å². The lowest BCUT2D eigenvalue weighted by atomic mass is 10.1. The van der Waals surface area contributed by atoms with Crippen molar-refractivity contribution >= 4 is 5.91 Å². The summed E-state index contributed by atoms with van der Waals surface area (Å²) in [6, 6.07) is 7.65. The Morgan fingerprint density at radius 1 is 1.29 bits per heavy atom. The van der Waals surface area contributed by atoms with Crippen LogP contribution in [0.25, 0.3) is 0 Å². The minimum absolute atomic E-state index is 0.0381. The zero-order valence-corrected chi connectivity index (χ0v) is 13.5. The molecule has 0 atom stereocenters. The van der Waals surface area contributed by atoms with Crippen molar-refractivity contribution in [2.45, 2.75) is 46.1 Å². The monoisotopic (exact) mass is 292 g/mol. The van der Waals surface area contributed by atoms with E-state index in [0.717, 1.165) is 25.0 Å². The summed E-state index contributed by atoms with van der Waals surface area (Å²) in [5, 5.41) is 0. The van der Waals surface area contributed by atoms with E-state index in [2.05, 4.69) is 20.8 Å². The van der Waals surface area contributed by atoms with Gasteiger partial charge in [0.15, 0.2) is 0 Å². The number of nitrogens with zero attached hydrogens (tertiary/aromatic N) is 1. The van der Waals surface area contributed by atoms with E-state index in [1.807, 2.05) is 29.2 Å². The van der Waals surface area contributed by atoms with E-state index >= 15 is 0 Å². The van der Waals surface area contributed by atoms with Gasteiger partial charge in [0.1, 0.15) is 5.75 Å². The third-order valence-electron chi connectivity index (χ3n) is 3.57. The van der Waals surface area contributed by atoms with Gasteiger partial charge in [-0.25, -0.2) is 0 Å². The predicted molar refractivity (Wildman–Crippen MR) is 86.7 cm³/mol. The first-order chi connectivity index (χ1) is 10.2. The van der Waals surface area contributed by atoms with Crippen LogP contribution < -0.4 is 10.5 Å². The molecule has 0 radical (unpaired) electrons. The van der Waals surface area contributed by atoms with Crippen LogP contribution in [0.15, 0.2) is 24.3 Å². The molecule has 4 nitrogen and oxygen atoms in total. The van der Waals surface area contributed by atoms with Crippen LogP contribution in [-0.2, 0) is 0 Å². The third-order valence-corrected chi connectivity index (χ3v) is 3.57. The summed E-state index contributed by atoms with van der Waals surface area (Å²) in [5.41, 5.74) is 6.34. The van der Waals surface area contributed by atoms with Crippen molar-refractivity contribution in [3.05, 3.63) is 29.8 Å². The Bertz CT molecular complexity index is 431. The van der Waals surface area contributed by atoms with Gasteiger partial charge in [-0.05, 0) is 37.5 Å². The van der Waals surface area contributed by atoms with Gasteiger partial charge in [0.2, 0.25) is 0 Å². The maximum atomic E-state index is 12.7. The van der Waals surface area contributed by atoms with E-state index in [4.69, 9.17) is 10.5 Å². The highest BCUT2D eigenvalue weighted by Gasteiger charge is 2.21. The van der Waals surface area contributed by atoms with Crippen molar-refractivity contribution in [2.24, 2.45) is 5.73 Å². The Balaban J connectivity index is 2.92. The molecule has 4 heteroatoms. The minimum Gasteiger partial charge on any atom is -0.494 e. The molecule has 118 valence electrons. The molecule has 1 aromatic carbocycles. The van der Waals surface area contributed by atoms with Crippen LogP contribution in [0.1, 0.15) is 50.4 Å². The fourth-order valence-corrected chi connectivity index (χ4v) is 2.42. The van der Waals surface area contributed by atoms with Gasteiger partial charge in [-0.1, -0.05) is 26.8 Å². The number of hydrogen-bond acceptors (Lipinski definition) is 3. The molecule has 0 unspecified atom stereocenters. The number of rotatable bonds is 9. The second-order valence-electron chi connectivity index (χ2n) is 5.13. The Morgan fingerprint density at radius 2 is 2.00 bits per heavy atom. The molecule has 21 heavy (non-hydrogen) atoms. The maximum absolute atomic E-state index is 12.7. The Labute approximate surface area is 128 Å². The summed E-state index contributed by atoms with van der Waals surface area (Å²) >= 11 is 0. The first-order valence-corrected chi connectivity index (χ1v) is 7.91. The standard InChI is InChI=1S/C17H28N2O2/c1-4-12-21-16-9-7-8-14(13-16)17(20)19(11-10-18)15(5-2)6-3/h7-9,13,15H,4-6,10-12,18H2,1-3H3. The zero-order valence-electron chi connectivity index (χ0n) is 13.5. The smallest absolute Gasteiger partial charge is 0.254 e. The third kappa shape index (κ3) is 5.05. The first-order valence-electron chi connectivity index (χ1n) is 7.91. The van der Waals surface area contributed by atoms with Crippen LogP contribution in [0.3, 0.4) is 0 Å². The van der Waals surface area contributed by atoms with Crippen LogP contribution in [0, 0.1) is 0 Å². The number of ether oxygens (including phenoxy) is 1. The fraction of sp³-hybridized carbons (Fsp3) is 0.588. The Kier molecular flexibility index (Phi) is 7.83. The molecule has 0 bridgehead atoms. The highest BCUT2D eigenvalue weighted by atomic mass is 16.5. The largest absolute Gasteiger partial charge is 0.494 e. The van der Waals surface area contributed by atoms with Gasteiger partial charge < -0.3 is 15.4 Å². The Morgan fingerprint density at radius 3 is 2.57 bits per heavy atom. The lowest BCUT2D eigenvalue weighted by Gasteiger charge is -2.30. The number of amides is 1. The van der Waals surface area contributed by atoms with Gasteiger partial charge in [0, 0.05) is 24.7 Å². The van der Waals surface area contributed by atoms with Crippen LogP contribution >= 0.6 is 0 Å². The summed E-state index contributed by atoms with van der Waals surface area (Å²) in [5.74, 6) is 0.788. The lowest BCUT2D eigenvalue weighted by molar-refractivity contribution is 0.0674. The SMILES string of the molecule is CCCOc1cccc(C(=O)N(CCN)C(CC)CC)c1. The van der Waals surface area contributed by atoms with Gasteiger partial charge in [0.25, 0.3) is 5.91 Å². The van der Waals surface area contributed by atoms with Crippen LogP contribution in [0.2, 0.25) is 0 Å². The highest BCUT2D eigenvalue weighted by molar-refractivity contribution is 5.94. The van der Waals surface area contributed by atoms with E-state index < -0.39 is 0 Å². The van der Waals surface area contributed by atoms with Crippen molar-refractivity contribution in [2.75, 3.05) is 19.7 Å². The second kappa shape index (κ2) is 9.40. The highest BCUT2D eigenvalue weighted by Crippen LogP contribution is 2.18. The molecule has 0 saturated heterocycles. The summed E-state index contributed by atoms with van der Waals surface area (Å²) in [6.45, 7) is 8.00. The minimum atomic E-state index is 0.0381. The molecule has 1 rings (SSSR count). The fourth-order valence-electron chi connectivity index (χ4n) is 2.42. The zero-order chi connectivity index (χ0) is 15.7. The predicted octanol–water partition coefficient (Wildman–Crippen LogP) is 3.06. The normalized spacial score (nSPS) is 10.7. The summed E-state index contributed by atoms with van der Waals surface area (Å²) in [4.78, 5) is 14.6. The first kappa shape index (κ1) is 17.5. The molecule has 0 aliphatic rings. The lowest BCUT2D eigenvalue weighted by Crippen LogP contribution is -2.42. The molecule has 0 aliphatic heterocycles. The van der Waals surface area contributed by atoms with Crippen molar-refractivity contribution in [1.29, 1.82) is 0 Å². The summed E-state index contributed by atoms with van der Waals surface area (Å²) in [7, 11) is 0. The van der Waals surface area contributed by atoms with Gasteiger partial charge in [-0.2, -0.15) is 0 Å². The molecule has 0 saturated carbocycles. The molecule has 0 spiro atoms. The Hall–Kier alpha value is -1.55. The summed E-state index contributed by atoms with van der Waals surface area (Å²) in [6.07, 6.45) is 2.83. The molecule has 0 aromatic heterocycles. The molecule has 1 amide bonds. The molecule has 2 N–H and O–H groups in total. The van der Waals surface area contributed by atoms with Crippen molar-refractivity contribution in [1.82, 2.24) is 4.90 Å². The van der Waals surface area contributed by atoms with E-state index in [-0.39, 0.29) is 11.9 Å². The number of hydrogen-bond donors (Lipinski definition) is 1. The van der Waals surface area contributed by atoms with E-state index in [1.165, 1.54) is 0 Å². The molecular formula is C17H28N2O2. The van der Waals surface area contributed by atoms with Crippen molar-refractivity contribution in [3.63, 3.8) is 0 Å². The van der Waals surface area contributed by atoms with Gasteiger partial charge in [0.05, 0.1) is 6.61 Å². The number of nitrogens with two attached hydrogens (primary N) is 1. The van der Waals surface area contributed by atoms with Crippen LogP contribution in [0.5, 0.6) is 5.75 Å².